The average molecular weight is 181 g/mol. The highest BCUT2D eigenvalue weighted by Crippen LogP contribution is 2.19. The van der Waals surface area contributed by atoms with Gasteiger partial charge in [0.25, 0.3) is 0 Å². The molecule has 0 atom stereocenters. The second kappa shape index (κ2) is 2.97. The van der Waals surface area contributed by atoms with Crippen LogP contribution in [0.3, 0.4) is 0 Å². The summed E-state index contributed by atoms with van der Waals surface area (Å²) in [5, 5.41) is 0. The Bertz CT molecular complexity index is 190. The molecular weight excluding hydrogens is 172 g/mol. The maximum atomic E-state index is 11.8. The number of likely N-dealkylation sites (tertiary alicyclic amines) is 1. The SMILES string of the molecule is NC(=O)C1CN(C[B-](F)(F)F)C1. The minimum atomic E-state index is -4.76. The molecule has 1 rings (SSSR count). The van der Waals surface area contributed by atoms with E-state index in [1.54, 1.807) is 0 Å². The Hall–Kier alpha value is -0.715. The lowest BCUT2D eigenvalue weighted by Gasteiger charge is -2.40. The van der Waals surface area contributed by atoms with Crippen molar-refractivity contribution in [2.45, 2.75) is 0 Å². The predicted octanol–water partition coefficient (Wildman–Crippen LogP) is -0.210. The van der Waals surface area contributed by atoms with Crippen LogP contribution in [-0.2, 0) is 4.79 Å². The van der Waals surface area contributed by atoms with Crippen LogP contribution in [0.25, 0.3) is 0 Å². The molecule has 0 radical (unpaired) electrons. The fourth-order valence-corrected chi connectivity index (χ4v) is 1.19. The normalized spacial score (nSPS) is 20.6. The molecule has 1 aliphatic rings. The molecule has 1 aliphatic heterocycles. The van der Waals surface area contributed by atoms with Crippen LogP contribution in [0.5, 0.6) is 0 Å². The Kier molecular flexibility index (Phi) is 2.32. The second-order valence-corrected chi connectivity index (χ2v) is 3.03. The third-order valence-electron chi connectivity index (χ3n) is 1.82. The summed E-state index contributed by atoms with van der Waals surface area (Å²) in [6.07, 6.45) is -0.885. The summed E-state index contributed by atoms with van der Waals surface area (Å²) in [5.41, 5.74) is 4.88. The van der Waals surface area contributed by atoms with E-state index >= 15 is 0 Å². The first-order valence-electron chi connectivity index (χ1n) is 3.61. The summed E-state index contributed by atoms with van der Waals surface area (Å²) in [6, 6.07) is 0. The second-order valence-electron chi connectivity index (χ2n) is 3.03. The van der Waals surface area contributed by atoms with E-state index in [0.29, 0.717) is 0 Å². The quantitative estimate of drug-likeness (QED) is 0.612. The van der Waals surface area contributed by atoms with Crippen molar-refractivity contribution in [1.29, 1.82) is 0 Å². The molecule has 1 saturated heterocycles. The summed E-state index contributed by atoms with van der Waals surface area (Å²) >= 11 is 0. The molecule has 0 aromatic heterocycles. The van der Waals surface area contributed by atoms with E-state index in [1.165, 1.54) is 4.90 Å². The van der Waals surface area contributed by atoms with Crippen LogP contribution in [0.4, 0.5) is 12.9 Å². The number of carbonyl (C=O) groups is 1. The largest absolute Gasteiger partial charge is 0.492 e. The van der Waals surface area contributed by atoms with Crippen LogP contribution in [0.15, 0.2) is 0 Å². The Labute approximate surface area is 67.8 Å². The van der Waals surface area contributed by atoms with Gasteiger partial charge < -0.3 is 23.6 Å². The van der Waals surface area contributed by atoms with Gasteiger partial charge in [-0.15, -0.1) is 0 Å². The first-order valence-corrected chi connectivity index (χ1v) is 3.61. The van der Waals surface area contributed by atoms with Crippen LogP contribution in [0.2, 0.25) is 0 Å². The number of rotatable bonds is 3. The number of nitrogens with zero attached hydrogens (tertiary/aromatic N) is 1. The number of hydrogen-bond acceptors (Lipinski definition) is 2. The van der Waals surface area contributed by atoms with E-state index in [-0.39, 0.29) is 19.0 Å². The molecule has 3 nitrogen and oxygen atoms in total. The number of nitrogens with two attached hydrogens (primary N) is 1. The maximum absolute atomic E-state index is 11.8. The van der Waals surface area contributed by atoms with Crippen LogP contribution >= 0.6 is 0 Å². The average Bonchev–Trinajstić information content (AvgIpc) is 1.74. The lowest BCUT2D eigenvalue weighted by atomic mass is 9.87. The van der Waals surface area contributed by atoms with Gasteiger partial charge >= 0.3 is 6.98 Å². The van der Waals surface area contributed by atoms with E-state index < -0.39 is 19.3 Å². The van der Waals surface area contributed by atoms with Crippen molar-refractivity contribution in [3.05, 3.63) is 0 Å². The highest BCUT2D eigenvalue weighted by molar-refractivity contribution is 6.58. The number of halogens is 3. The number of hydrogen-bond donors (Lipinski definition) is 1. The molecule has 1 heterocycles. The maximum Gasteiger partial charge on any atom is 0.492 e. The first-order chi connectivity index (χ1) is 5.38. The van der Waals surface area contributed by atoms with Gasteiger partial charge in [0.2, 0.25) is 5.91 Å². The third-order valence-corrected chi connectivity index (χ3v) is 1.82. The Morgan fingerprint density at radius 2 is 2.00 bits per heavy atom. The number of primary amides is 1. The van der Waals surface area contributed by atoms with Gasteiger partial charge in [-0.25, -0.2) is 0 Å². The van der Waals surface area contributed by atoms with E-state index in [1.807, 2.05) is 0 Å². The van der Waals surface area contributed by atoms with Gasteiger partial charge in [0.05, 0.1) is 5.92 Å². The Morgan fingerprint density at radius 1 is 1.50 bits per heavy atom. The van der Waals surface area contributed by atoms with Crippen molar-refractivity contribution < 1.29 is 17.7 Å². The summed E-state index contributed by atoms with van der Waals surface area (Å²) in [4.78, 5) is 11.6. The zero-order chi connectivity index (χ0) is 9.35. The third kappa shape index (κ3) is 2.40. The van der Waals surface area contributed by atoms with Gasteiger partial charge in [0, 0.05) is 13.1 Å². The number of carbonyl (C=O) groups excluding carboxylic acids is 1. The first kappa shape index (κ1) is 9.37. The van der Waals surface area contributed by atoms with Gasteiger partial charge in [0.1, 0.15) is 0 Å². The van der Waals surface area contributed by atoms with Crippen LogP contribution in [0, 0.1) is 5.92 Å². The molecule has 0 unspecified atom stereocenters. The molecule has 0 spiro atoms. The van der Waals surface area contributed by atoms with Crippen LogP contribution in [-0.4, -0.2) is 37.3 Å². The van der Waals surface area contributed by atoms with Crippen molar-refractivity contribution >= 4 is 12.9 Å². The topological polar surface area (TPSA) is 46.3 Å². The molecule has 0 saturated carbocycles. The monoisotopic (exact) mass is 181 g/mol. The van der Waals surface area contributed by atoms with E-state index in [0.717, 1.165) is 0 Å². The minimum Gasteiger partial charge on any atom is -0.448 e. The fraction of sp³-hybridized carbons (Fsp3) is 0.800. The highest BCUT2D eigenvalue weighted by Gasteiger charge is 2.36. The van der Waals surface area contributed by atoms with E-state index in [2.05, 4.69) is 0 Å². The Morgan fingerprint density at radius 3 is 2.33 bits per heavy atom. The smallest absolute Gasteiger partial charge is 0.448 e. The molecule has 1 amide bonds. The van der Waals surface area contributed by atoms with Gasteiger partial charge in [-0.05, 0) is 6.44 Å². The van der Waals surface area contributed by atoms with E-state index in [4.69, 9.17) is 5.73 Å². The molecule has 0 aromatic rings. The van der Waals surface area contributed by atoms with Gasteiger partial charge in [-0.1, -0.05) is 0 Å². The molecule has 7 heteroatoms. The number of amides is 1. The summed E-state index contributed by atoms with van der Waals surface area (Å²) in [7, 11) is 0. The van der Waals surface area contributed by atoms with E-state index in [9.17, 15) is 17.7 Å². The molecule has 0 bridgehead atoms. The minimum absolute atomic E-state index is 0.149. The highest BCUT2D eigenvalue weighted by atomic mass is 19.4. The molecule has 1 fully saturated rings. The van der Waals surface area contributed by atoms with Crippen molar-refractivity contribution in [2.75, 3.05) is 19.5 Å². The van der Waals surface area contributed by atoms with Crippen molar-refractivity contribution in [1.82, 2.24) is 4.90 Å². The lowest BCUT2D eigenvalue weighted by molar-refractivity contribution is -0.126. The van der Waals surface area contributed by atoms with Crippen molar-refractivity contribution in [3.63, 3.8) is 0 Å². The molecular formula is C5H9BF3N2O-. The molecule has 0 aliphatic carbocycles. The predicted molar refractivity (Wildman–Crippen MR) is 38.2 cm³/mol. The van der Waals surface area contributed by atoms with Gasteiger partial charge in [-0.3, -0.25) is 4.79 Å². The van der Waals surface area contributed by atoms with Gasteiger partial charge in [0.15, 0.2) is 0 Å². The zero-order valence-electron chi connectivity index (χ0n) is 6.34. The zero-order valence-corrected chi connectivity index (χ0v) is 6.34. The summed E-state index contributed by atoms with van der Waals surface area (Å²) < 4.78 is 35.3. The van der Waals surface area contributed by atoms with Gasteiger partial charge in [-0.2, -0.15) is 0 Å². The standard InChI is InChI=1S/C5H9BF3N2O/c7-6(8,9)3-11-1-4(2-11)5(10)12/h4H,1-3H2,(H2,10,12)/q-1. The van der Waals surface area contributed by atoms with Crippen molar-refractivity contribution in [3.8, 4) is 0 Å². The molecule has 2 N–H and O–H groups in total. The molecule has 12 heavy (non-hydrogen) atoms. The fourth-order valence-electron chi connectivity index (χ4n) is 1.19. The Balaban J connectivity index is 2.22. The molecule has 70 valence electrons. The van der Waals surface area contributed by atoms with Crippen LogP contribution in [0.1, 0.15) is 0 Å². The van der Waals surface area contributed by atoms with Crippen molar-refractivity contribution in [2.24, 2.45) is 11.7 Å². The summed E-state index contributed by atoms with van der Waals surface area (Å²) in [5.74, 6) is -0.899. The molecule has 0 aromatic carbocycles. The summed E-state index contributed by atoms with van der Waals surface area (Å²) in [6.45, 7) is -4.47. The van der Waals surface area contributed by atoms with Crippen LogP contribution < -0.4 is 5.73 Å². The lowest BCUT2D eigenvalue weighted by Crippen LogP contribution is -2.56.